The zero-order chi connectivity index (χ0) is 18.9. The minimum Gasteiger partial charge on any atom is -0.350 e. The predicted octanol–water partition coefficient (Wildman–Crippen LogP) is 3.70. The third-order valence-corrected chi connectivity index (χ3v) is 5.73. The Bertz CT molecular complexity index is 1040. The Kier molecular flexibility index (Phi) is 4.70. The van der Waals surface area contributed by atoms with E-state index in [1.165, 1.54) is 0 Å². The Morgan fingerprint density at radius 1 is 1.07 bits per heavy atom. The van der Waals surface area contributed by atoms with Gasteiger partial charge in [-0.15, -0.1) is 0 Å². The van der Waals surface area contributed by atoms with Crippen LogP contribution in [-0.4, -0.2) is 16.1 Å². The number of nitrogens with zero attached hydrogens (tertiary/aromatic N) is 1. The van der Waals surface area contributed by atoms with Gasteiger partial charge in [-0.1, -0.05) is 54.8 Å². The quantitative estimate of drug-likeness (QED) is 0.723. The summed E-state index contributed by atoms with van der Waals surface area (Å²) < 4.78 is 0. The first-order valence-electron chi connectivity index (χ1n) is 9.11. The highest BCUT2D eigenvalue weighted by Crippen LogP contribution is 2.41. The summed E-state index contributed by atoms with van der Waals surface area (Å²) in [6.45, 7) is 0.269. The summed E-state index contributed by atoms with van der Waals surface area (Å²) in [7, 11) is 0. The first kappa shape index (κ1) is 17.7. The van der Waals surface area contributed by atoms with Crippen LogP contribution in [0.15, 0.2) is 53.3 Å². The van der Waals surface area contributed by atoms with E-state index in [0.29, 0.717) is 16.1 Å². The van der Waals surface area contributed by atoms with Crippen LogP contribution in [0, 0.1) is 0 Å². The van der Waals surface area contributed by atoms with Crippen LogP contribution < -0.4 is 10.9 Å². The Morgan fingerprint density at radius 3 is 2.44 bits per heavy atom. The number of H-pyrrole nitrogens is 1. The van der Waals surface area contributed by atoms with Gasteiger partial charge in [-0.25, -0.2) is 5.10 Å². The minimum absolute atomic E-state index is 0.000552. The summed E-state index contributed by atoms with van der Waals surface area (Å²) in [5.41, 5.74) is 0.904. The molecule has 1 fully saturated rings. The first-order valence-corrected chi connectivity index (χ1v) is 9.49. The first-order chi connectivity index (χ1) is 13.1. The number of nitrogens with one attached hydrogen (secondary N) is 2. The van der Waals surface area contributed by atoms with Crippen molar-refractivity contribution in [2.75, 3.05) is 0 Å². The number of fused-ring (bicyclic) bond motifs is 1. The van der Waals surface area contributed by atoms with Crippen LogP contribution in [-0.2, 0) is 16.8 Å². The molecule has 4 rings (SSSR count). The number of benzene rings is 2. The smallest absolute Gasteiger partial charge is 0.272 e. The van der Waals surface area contributed by atoms with Crippen LogP contribution in [0.1, 0.15) is 36.9 Å². The molecule has 1 heterocycles. The SMILES string of the molecule is O=C(NCc1n[nH]c(=O)c2ccccc12)C1(c2ccc(Cl)cc2)CCCC1. The molecule has 2 aromatic carbocycles. The van der Waals surface area contributed by atoms with Crippen molar-refractivity contribution in [2.24, 2.45) is 0 Å². The van der Waals surface area contributed by atoms with E-state index in [9.17, 15) is 9.59 Å². The maximum Gasteiger partial charge on any atom is 0.272 e. The summed E-state index contributed by atoms with van der Waals surface area (Å²) in [5.74, 6) is -0.000552. The Hall–Kier alpha value is -2.66. The predicted molar refractivity (Wildman–Crippen MR) is 106 cm³/mol. The monoisotopic (exact) mass is 381 g/mol. The van der Waals surface area contributed by atoms with Crippen molar-refractivity contribution in [1.82, 2.24) is 15.5 Å². The van der Waals surface area contributed by atoms with E-state index < -0.39 is 5.41 Å². The van der Waals surface area contributed by atoms with E-state index in [-0.39, 0.29) is 18.0 Å². The van der Waals surface area contributed by atoms with E-state index in [2.05, 4.69) is 15.5 Å². The van der Waals surface area contributed by atoms with Gasteiger partial charge < -0.3 is 5.32 Å². The molecule has 0 spiro atoms. The highest BCUT2D eigenvalue weighted by atomic mass is 35.5. The minimum atomic E-state index is -0.525. The second-order valence-corrected chi connectivity index (χ2v) is 7.46. The highest BCUT2D eigenvalue weighted by molar-refractivity contribution is 6.30. The Labute approximate surface area is 161 Å². The van der Waals surface area contributed by atoms with Crippen molar-refractivity contribution in [1.29, 1.82) is 0 Å². The molecule has 2 N–H and O–H groups in total. The van der Waals surface area contributed by atoms with Gasteiger partial charge >= 0.3 is 0 Å². The van der Waals surface area contributed by atoms with Crippen molar-refractivity contribution >= 4 is 28.3 Å². The van der Waals surface area contributed by atoms with Gasteiger partial charge in [0.25, 0.3) is 5.56 Å². The number of hydrogen-bond donors (Lipinski definition) is 2. The molecule has 1 saturated carbocycles. The lowest BCUT2D eigenvalue weighted by Crippen LogP contribution is -2.42. The van der Waals surface area contributed by atoms with Gasteiger partial charge in [0.2, 0.25) is 5.91 Å². The van der Waals surface area contributed by atoms with Crippen molar-refractivity contribution in [3.63, 3.8) is 0 Å². The molecular weight excluding hydrogens is 362 g/mol. The normalized spacial score (nSPS) is 15.7. The molecule has 1 aliphatic rings. The van der Waals surface area contributed by atoms with Crippen LogP contribution in [0.3, 0.4) is 0 Å². The summed E-state index contributed by atoms with van der Waals surface area (Å²) in [6.07, 6.45) is 3.69. The molecule has 3 aromatic rings. The van der Waals surface area contributed by atoms with Gasteiger partial charge in [-0.2, -0.15) is 5.10 Å². The lowest BCUT2D eigenvalue weighted by molar-refractivity contribution is -0.126. The summed E-state index contributed by atoms with van der Waals surface area (Å²) >= 11 is 6.01. The van der Waals surface area contributed by atoms with Gasteiger partial charge in [0.15, 0.2) is 0 Å². The zero-order valence-corrected chi connectivity index (χ0v) is 15.6. The maximum absolute atomic E-state index is 13.2. The molecule has 5 nitrogen and oxygen atoms in total. The van der Waals surface area contributed by atoms with Crippen LogP contribution in [0.25, 0.3) is 10.8 Å². The van der Waals surface area contributed by atoms with Gasteiger partial charge in [0, 0.05) is 10.4 Å². The van der Waals surface area contributed by atoms with E-state index >= 15 is 0 Å². The molecular formula is C21H20ClN3O2. The lowest BCUT2D eigenvalue weighted by Gasteiger charge is -2.28. The molecule has 138 valence electrons. The molecule has 0 unspecified atom stereocenters. The van der Waals surface area contributed by atoms with Crippen molar-refractivity contribution in [2.45, 2.75) is 37.6 Å². The number of amides is 1. The molecule has 27 heavy (non-hydrogen) atoms. The lowest BCUT2D eigenvalue weighted by atomic mass is 9.78. The molecule has 6 heteroatoms. The fourth-order valence-electron chi connectivity index (χ4n) is 4.03. The third-order valence-electron chi connectivity index (χ3n) is 5.48. The molecule has 0 radical (unpaired) electrons. The third kappa shape index (κ3) is 3.23. The van der Waals surface area contributed by atoms with E-state index in [1.54, 1.807) is 6.07 Å². The van der Waals surface area contributed by atoms with Crippen LogP contribution in [0.5, 0.6) is 0 Å². The Morgan fingerprint density at radius 2 is 1.74 bits per heavy atom. The van der Waals surface area contributed by atoms with E-state index in [4.69, 9.17) is 11.6 Å². The molecule has 0 atom stereocenters. The molecule has 0 aliphatic heterocycles. The second kappa shape index (κ2) is 7.16. The zero-order valence-electron chi connectivity index (χ0n) is 14.8. The second-order valence-electron chi connectivity index (χ2n) is 7.02. The summed E-state index contributed by atoms with van der Waals surface area (Å²) in [6, 6.07) is 14.8. The number of hydrogen-bond acceptors (Lipinski definition) is 3. The Balaban J connectivity index is 1.61. The number of halogens is 1. The summed E-state index contributed by atoms with van der Waals surface area (Å²) in [5, 5.41) is 11.7. The van der Waals surface area contributed by atoms with Gasteiger partial charge in [0.1, 0.15) is 0 Å². The van der Waals surface area contributed by atoms with Crippen LogP contribution >= 0.6 is 11.6 Å². The van der Waals surface area contributed by atoms with Gasteiger partial charge in [0.05, 0.1) is 23.0 Å². The molecule has 1 aromatic heterocycles. The van der Waals surface area contributed by atoms with Crippen molar-refractivity contribution in [3.05, 3.63) is 75.2 Å². The number of carbonyl (C=O) groups excluding carboxylic acids is 1. The van der Waals surface area contributed by atoms with Crippen LogP contribution in [0.2, 0.25) is 5.02 Å². The summed E-state index contributed by atoms with van der Waals surface area (Å²) in [4.78, 5) is 25.1. The van der Waals surface area contributed by atoms with E-state index in [0.717, 1.165) is 36.6 Å². The molecule has 1 amide bonds. The molecule has 1 aliphatic carbocycles. The van der Waals surface area contributed by atoms with Crippen LogP contribution in [0.4, 0.5) is 0 Å². The molecule has 0 saturated heterocycles. The fraction of sp³-hybridized carbons (Fsp3) is 0.286. The number of aromatic nitrogens is 2. The topological polar surface area (TPSA) is 74.8 Å². The number of carbonyl (C=O) groups is 1. The average molecular weight is 382 g/mol. The highest BCUT2D eigenvalue weighted by Gasteiger charge is 2.42. The van der Waals surface area contributed by atoms with Gasteiger partial charge in [-0.3, -0.25) is 9.59 Å². The molecule has 0 bridgehead atoms. The van der Waals surface area contributed by atoms with Gasteiger partial charge in [-0.05, 0) is 36.6 Å². The maximum atomic E-state index is 13.2. The largest absolute Gasteiger partial charge is 0.350 e. The standard InChI is InChI=1S/C21H20ClN3O2/c22-15-9-7-14(8-10-15)21(11-3-4-12-21)20(27)23-13-18-16-5-1-2-6-17(16)19(26)25-24-18/h1-2,5-10H,3-4,11-13H2,(H,23,27)(H,25,26). The fourth-order valence-corrected chi connectivity index (χ4v) is 4.16. The number of aromatic amines is 1. The number of rotatable bonds is 4. The van der Waals surface area contributed by atoms with Crippen molar-refractivity contribution in [3.8, 4) is 0 Å². The van der Waals surface area contributed by atoms with Crippen molar-refractivity contribution < 1.29 is 4.79 Å². The average Bonchev–Trinajstić information content (AvgIpc) is 3.19. The van der Waals surface area contributed by atoms with E-state index in [1.807, 2.05) is 42.5 Å².